The molecule has 4 rings (SSSR count). The molecule has 2 aromatic heterocycles. The number of carboxylic acids is 1. The van der Waals surface area contributed by atoms with Crippen LogP contribution in [0.4, 0.5) is 0 Å². The number of aromatic amines is 2. The second-order valence-electron chi connectivity index (χ2n) is 6.58. The number of nitrogens with zero attached hydrogens (tertiary/aromatic N) is 3. The zero-order valence-corrected chi connectivity index (χ0v) is 16.6. The maximum atomic E-state index is 12.4. The Bertz CT molecular complexity index is 1370. The second kappa shape index (κ2) is 7.85. The van der Waals surface area contributed by atoms with Crippen LogP contribution in [0.2, 0.25) is 0 Å². The van der Waals surface area contributed by atoms with Gasteiger partial charge in [0.1, 0.15) is 17.5 Å². The smallest absolute Gasteiger partial charge is 0.335 e. The van der Waals surface area contributed by atoms with Crippen LogP contribution in [0.1, 0.15) is 27.3 Å². The van der Waals surface area contributed by atoms with Crippen molar-refractivity contribution >= 4 is 28.8 Å². The second-order valence-corrected chi connectivity index (χ2v) is 7.55. The molecule has 0 aliphatic heterocycles. The summed E-state index contributed by atoms with van der Waals surface area (Å²) in [4.78, 5) is 38.1. The van der Waals surface area contributed by atoms with Crippen molar-refractivity contribution in [2.45, 2.75) is 17.8 Å². The van der Waals surface area contributed by atoms with E-state index in [0.29, 0.717) is 39.0 Å². The van der Waals surface area contributed by atoms with Gasteiger partial charge in [-0.15, -0.1) is 0 Å². The molecule has 0 spiro atoms. The van der Waals surface area contributed by atoms with Crippen LogP contribution in [-0.4, -0.2) is 31.0 Å². The van der Waals surface area contributed by atoms with E-state index in [1.807, 2.05) is 37.3 Å². The van der Waals surface area contributed by atoms with Gasteiger partial charge in [0.25, 0.3) is 5.56 Å². The highest BCUT2D eigenvalue weighted by atomic mass is 32.2. The fourth-order valence-corrected chi connectivity index (χ4v) is 3.68. The highest BCUT2D eigenvalue weighted by molar-refractivity contribution is 7.98. The summed E-state index contributed by atoms with van der Waals surface area (Å²) in [6.07, 6.45) is 0. The first-order valence-corrected chi connectivity index (χ1v) is 9.89. The van der Waals surface area contributed by atoms with Crippen molar-refractivity contribution in [1.29, 1.82) is 5.26 Å². The lowest BCUT2D eigenvalue weighted by atomic mass is 10.1. The molecule has 2 aromatic carbocycles. The van der Waals surface area contributed by atoms with E-state index in [2.05, 4.69) is 19.9 Å². The van der Waals surface area contributed by atoms with E-state index in [4.69, 9.17) is 5.11 Å². The topological polar surface area (TPSA) is 136 Å². The molecule has 0 fully saturated rings. The third kappa shape index (κ3) is 3.81. The predicted octanol–water partition coefficient (Wildman–Crippen LogP) is 3.48. The minimum atomic E-state index is -1.01. The molecule has 4 aromatic rings. The highest BCUT2D eigenvalue weighted by Gasteiger charge is 2.14. The van der Waals surface area contributed by atoms with Gasteiger partial charge in [-0.05, 0) is 25.1 Å². The number of rotatable bonds is 5. The number of benzene rings is 2. The van der Waals surface area contributed by atoms with Gasteiger partial charge in [0.15, 0.2) is 5.16 Å². The van der Waals surface area contributed by atoms with Crippen molar-refractivity contribution in [2.75, 3.05) is 0 Å². The van der Waals surface area contributed by atoms with E-state index in [9.17, 15) is 14.9 Å². The first kappa shape index (κ1) is 19.4. The van der Waals surface area contributed by atoms with Crippen LogP contribution in [-0.2, 0) is 5.75 Å². The van der Waals surface area contributed by atoms with Crippen LogP contribution in [0.25, 0.3) is 22.3 Å². The number of carbonyl (C=O) groups is 1. The molecule has 148 valence electrons. The first-order valence-electron chi connectivity index (χ1n) is 8.91. The Morgan fingerprint density at radius 1 is 1.17 bits per heavy atom. The van der Waals surface area contributed by atoms with Crippen LogP contribution >= 0.6 is 11.8 Å². The molecular formula is C21H15N5O3S. The molecule has 9 heteroatoms. The van der Waals surface area contributed by atoms with Crippen LogP contribution in [0, 0.1) is 18.3 Å². The summed E-state index contributed by atoms with van der Waals surface area (Å²) in [6, 6.07) is 14.0. The maximum Gasteiger partial charge on any atom is 0.335 e. The number of hydrogen-bond acceptors (Lipinski definition) is 6. The van der Waals surface area contributed by atoms with Gasteiger partial charge < -0.3 is 15.1 Å². The molecule has 0 saturated heterocycles. The number of nitrogens with one attached hydrogen (secondary N) is 2. The van der Waals surface area contributed by atoms with Crippen LogP contribution in [0.5, 0.6) is 0 Å². The van der Waals surface area contributed by atoms with E-state index in [1.165, 1.54) is 23.9 Å². The molecule has 30 heavy (non-hydrogen) atoms. The number of aryl methyl sites for hydroxylation is 1. The van der Waals surface area contributed by atoms with Crippen molar-refractivity contribution in [2.24, 2.45) is 0 Å². The molecular weight excluding hydrogens is 402 g/mol. The fourth-order valence-electron chi connectivity index (χ4n) is 2.95. The van der Waals surface area contributed by atoms with Crippen molar-refractivity contribution in [1.82, 2.24) is 19.9 Å². The summed E-state index contributed by atoms with van der Waals surface area (Å²) in [7, 11) is 0. The third-order valence-electron chi connectivity index (χ3n) is 4.46. The van der Waals surface area contributed by atoms with Gasteiger partial charge >= 0.3 is 5.97 Å². The fraction of sp³-hybridized carbons (Fsp3) is 0.0952. The van der Waals surface area contributed by atoms with Crippen molar-refractivity contribution < 1.29 is 9.90 Å². The summed E-state index contributed by atoms with van der Waals surface area (Å²) < 4.78 is 0. The van der Waals surface area contributed by atoms with Gasteiger partial charge in [0.2, 0.25) is 0 Å². The number of aromatic nitrogens is 4. The van der Waals surface area contributed by atoms with Crippen molar-refractivity contribution in [3.05, 3.63) is 75.3 Å². The molecule has 8 nitrogen and oxygen atoms in total. The predicted molar refractivity (Wildman–Crippen MR) is 112 cm³/mol. The molecule has 0 bridgehead atoms. The standard InChI is InChI=1S/C21H15N5O3S/c1-11-2-4-12(5-3-11)18-14(9-22)19(27)26-21(25-18)30-10-17-23-15-7-6-13(20(28)29)8-16(15)24-17/h2-8H,10H2,1H3,(H,23,24)(H,28,29)(H,25,26,27). The number of H-pyrrole nitrogens is 2. The quantitative estimate of drug-likeness (QED) is 0.334. The third-order valence-corrected chi connectivity index (χ3v) is 5.34. The van der Waals surface area contributed by atoms with E-state index >= 15 is 0 Å². The normalized spacial score (nSPS) is 10.8. The SMILES string of the molecule is Cc1ccc(-c2nc(SCc3nc4ccc(C(=O)O)cc4[nH]3)[nH]c(=O)c2C#N)cc1. The number of nitriles is 1. The molecule has 3 N–H and O–H groups in total. The molecule has 2 heterocycles. The average Bonchev–Trinajstić information content (AvgIpc) is 3.14. The minimum absolute atomic E-state index is 0.0341. The van der Waals surface area contributed by atoms with Crippen LogP contribution < -0.4 is 5.56 Å². The number of hydrogen-bond donors (Lipinski definition) is 3. The number of imidazole rings is 1. The number of aromatic carboxylic acids is 1. The van der Waals surface area contributed by atoms with Crippen LogP contribution in [0.3, 0.4) is 0 Å². The zero-order chi connectivity index (χ0) is 21.3. The van der Waals surface area contributed by atoms with E-state index in [0.717, 1.165) is 5.56 Å². The van der Waals surface area contributed by atoms with Crippen LogP contribution in [0.15, 0.2) is 52.4 Å². The number of thioether (sulfide) groups is 1. The van der Waals surface area contributed by atoms with Gasteiger partial charge in [0.05, 0.1) is 28.0 Å². The number of carboxylic acid groups (broad SMARTS) is 1. The Hall–Kier alpha value is -3.90. The lowest BCUT2D eigenvalue weighted by Crippen LogP contribution is -2.14. The van der Waals surface area contributed by atoms with E-state index < -0.39 is 11.5 Å². The molecule has 0 aliphatic rings. The van der Waals surface area contributed by atoms with Gasteiger partial charge in [-0.1, -0.05) is 41.6 Å². The minimum Gasteiger partial charge on any atom is -0.478 e. The summed E-state index contributed by atoms with van der Waals surface area (Å²) >= 11 is 1.26. The average molecular weight is 417 g/mol. The molecule has 0 atom stereocenters. The van der Waals surface area contributed by atoms with Crippen molar-refractivity contribution in [3.63, 3.8) is 0 Å². The first-order chi connectivity index (χ1) is 14.4. The summed E-state index contributed by atoms with van der Waals surface area (Å²) in [5.74, 6) is -0.0222. The summed E-state index contributed by atoms with van der Waals surface area (Å²) in [5.41, 5.74) is 2.99. The summed E-state index contributed by atoms with van der Waals surface area (Å²) in [6.45, 7) is 1.95. The Morgan fingerprint density at radius 2 is 1.93 bits per heavy atom. The highest BCUT2D eigenvalue weighted by Crippen LogP contribution is 2.24. The lowest BCUT2D eigenvalue weighted by molar-refractivity contribution is 0.0697. The summed E-state index contributed by atoms with van der Waals surface area (Å²) in [5, 5.41) is 18.8. The Kier molecular flexibility index (Phi) is 5.08. The van der Waals surface area contributed by atoms with Gasteiger partial charge in [0, 0.05) is 5.56 Å². The van der Waals surface area contributed by atoms with Gasteiger partial charge in [-0.2, -0.15) is 5.26 Å². The zero-order valence-electron chi connectivity index (χ0n) is 15.8. The molecule has 0 aliphatic carbocycles. The molecule has 0 radical (unpaired) electrons. The van der Waals surface area contributed by atoms with Gasteiger partial charge in [-0.3, -0.25) is 4.79 Å². The monoisotopic (exact) mass is 417 g/mol. The Labute approximate surface area is 174 Å². The van der Waals surface area contributed by atoms with E-state index in [1.54, 1.807) is 6.07 Å². The molecule has 0 amide bonds. The van der Waals surface area contributed by atoms with Gasteiger partial charge in [-0.25, -0.2) is 14.8 Å². The van der Waals surface area contributed by atoms with Crippen molar-refractivity contribution in [3.8, 4) is 17.3 Å². The Morgan fingerprint density at radius 3 is 2.63 bits per heavy atom. The Balaban J connectivity index is 1.63. The largest absolute Gasteiger partial charge is 0.478 e. The lowest BCUT2D eigenvalue weighted by Gasteiger charge is -2.06. The number of fused-ring (bicyclic) bond motifs is 1. The maximum absolute atomic E-state index is 12.4. The molecule has 0 saturated carbocycles. The van der Waals surface area contributed by atoms with E-state index in [-0.39, 0.29) is 11.1 Å². The molecule has 0 unspecified atom stereocenters.